The van der Waals surface area contributed by atoms with E-state index < -0.39 is 60.4 Å². The number of hydroxylamine groups is 2. The predicted molar refractivity (Wildman–Crippen MR) is 90.8 cm³/mol. The Bertz CT molecular complexity index is 574. The SMILES string of the molecule is CC1(C)CC(N(N=O)C(=O)N[C@H]2C(O)O[C@H](CO)[C@@H](O)[C@@H]2O)C(C)(C)[NH+]1[O-]. The third-order valence-corrected chi connectivity index (χ3v) is 5.52. The van der Waals surface area contributed by atoms with Crippen molar-refractivity contribution >= 4 is 6.03 Å². The molecular formula is C15H28N4O8. The lowest BCUT2D eigenvalue weighted by atomic mass is 9.93. The molecule has 7 atom stereocenters. The minimum Gasteiger partial charge on any atom is -0.633 e. The van der Waals surface area contributed by atoms with Crippen molar-refractivity contribution in [3.8, 4) is 0 Å². The molecule has 6 N–H and O–H groups in total. The van der Waals surface area contributed by atoms with Crippen LogP contribution in [-0.2, 0) is 4.74 Å². The first-order valence-electron chi connectivity index (χ1n) is 8.67. The van der Waals surface area contributed by atoms with E-state index in [2.05, 4.69) is 10.6 Å². The highest BCUT2D eigenvalue weighted by Crippen LogP contribution is 2.30. The third kappa shape index (κ3) is 3.78. The number of nitrogens with one attached hydrogen (secondary N) is 2. The molecule has 0 aromatic carbocycles. The molecule has 2 amide bonds. The van der Waals surface area contributed by atoms with Gasteiger partial charge in [-0.1, -0.05) is 0 Å². The number of nitrogens with zero attached hydrogens (tertiary/aromatic N) is 2. The third-order valence-electron chi connectivity index (χ3n) is 5.52. The Labute approximate surface area is 156 Å². The van der Waals surface area contributed by atoms with Crippen LogP contribution < -0.4 is 10.4 Å². The average Bonchev–Trinajstić information content (AvgIpc) is 2.75. The molecule has 3 unspecified atom stereocenters. The van der Waals surface area contributed by atoms with Crippen LogP contribution in [0.4, 0.5) is 4.79 Å². The fourth-order valence-electron chi connectivity index (χ4n) is 3.94. The molecule has 0 spiro atoms. The molecule has 2 fully saturated rings. The first-order valence-corrected chi connectivity index (χ1v) is 8.67. The summed E-state index contributed by atoms with van der Waals surface area (Å²) >= 11 is 0. The number of amides is 2. The van der Waals surface area contributed by atoms with Gasteiger partial charge in [-0.25, -0.2) is 4.79 Å². The Hall–Kier alpha value is -1.41. The summed E-state index contributed by atoms with van der Waals surface area (Å²) in [5.74, 6) is 0. The predicted octanol–water partition coefficient (Wildman–Crippen LogP) is -2.81. The zero-order valence-corrected chi connectivity index (χ0v) is 15.7. The smallest absolute Gasteiger partial charge is 0.341 e. The maximum atomic E-state index is 12.6. The van der Waals surface area contributed by atoms with E-state index in [1.54, 1.807) is 27.7 Å². The number of quaternary nitrogens is 1. The molecule has 0 saturated carbocycles. The molecule has 2 aliphatic heterocycles. The largest absolute Gasteiger partial charge is 0.633 e. The lowest BCUT2D eigenvalue weighted by Gasteiger charge is -2.42. The van der Waals surface area contributed by atoms with E-state index >= 15 is 0 Å². The second kappa shape index (κ2) is 7.54. The van der Waals surface area contributed by atoms with Crippen LogP contribution in [0.2, 0.25) is 0 Å². The highest BCUT2D eigenvalue weighted by atomic mass is 16.6. The Kier molecular flexibility index (Phi) is 6.11. The van der Waals surface area contributed by atoms with Gasteiger partial charge in [0.2, 0.25) is 0 Å². The molecule has 27 heavy (non-hydrogen) atoms. The van der Waals surface area contributed by atoms with E-state index in [0.717, 1.165) is 0 Å². The molecule has 0 aromatic rings. The summed E-state index contributed by atoms with van der Waals surface area (Å²) in [6, 6.07) is -3.34. The number of hydrogen-bond donors (Lipinski definition) is 6. The van der Waals surface area contributed by atoms with E-state index in [9.17, 15) is 30.2 Å². The summed E-state index contributed by atoms with van der Waals surface area (Å²) in [5.41, 5.74) is -1.79. The van der Waals surface area contributed by atoms with Gasteiger partial charge in [0.05, 0.1) is 17.4 Å². The quantitative estimate of drug-likeness (QED) is 0.168. The second-order valence-electron chi connectivity index (χ2n) is 8.28. The number of aliphatic hydroxyl groups is 4. The van der Waals surface area contributed by atoms with Crippen LogP contribution in [-0.4, -0.2) is 85.8 Å². The fourth-order valence-corrected chi connectivity index (χ4v) is 3.94. The Morgan fingerprint density at radius 2 is 1.89 bits per heavy atom. The minimum atomic E-state index is -1.73. The van der Waals surface area contributed by atoms with Gasteiger partial charge in [-0.15, -0.1) is 4.91 Å². The van der Waals surface area contributed by atoms with Crippen LogP contribution in [0.3, 0.4) is 0 Å². The Balaban J connectivity index is 2.17. The minimum absolute atomic E-state index is 0.122. The van der Waals surface area contributed by atoms with Crippen LogP contribution in [0.1, 0.15) is 34.1 Å². The average molecular weight is 392 g/mol. The molecule has 0 radical (unpaired) electrons. The van der Waals surface area contributed by atoms with Crippen molar-refractivity contribution in [1.29, 1.82) is 0 Å². The highest BCUT2D eigenvalue weighted by Gasteiger charge is 2.56. The van der Waals surface area contributed by atoms with Crippen LogP contribution in [0.15, 0.2) is 5.29 Å². The van der Waals surface area contributed by atoms with Gasteiger partial charge in [-0.2, -0.15) is 5.01 Å². The van der Waals surface area contributed by atoms with Crippen molar-refractivity contribution in [2.24, 2.45) is 5.29 Å². The zero-order valence-electron chi connectivity index (χ0n) is 15.7. The summed E-state index contributed by atoms with van der Waals surface area (Å²) in [6.45, 7) is 6.01. The number of aliphatic hydroxyl groups excluding tert-OH is 4. The van der Waals surface area contributed by atoms with Gasteiger partial charge in [-0.05, 0) is 27.7 Å². The first kappa shape index (κ1) is 21.9. The van der Waals surface area contributed by atoms with Crippen LogP contribution >= 0.6 is 0 Å². The molecular weight excluding hydrogens is 364 g/mol. The van der Waals surface area contributed by atoms with Gasteiger partial charge < -0.3 is 40.8 Å². The maximum absolute atomic E-state index is 12.6. The van der Waals surface area contributed by atoms with E-state index in [-0.39, 0.29) is 11.5 Å². The van der Waals surface area contributed by atoms with Crippen molar-refractivity contribution in [1.82, 2.24) is 10.3 Å². The van der Waals surface area contributed by atoms with Crippen molar-refractivity contribution in [2.45, 2.75) is 81.9 Å². The van der Waals surface area contributed by atoms with Crippen LogP contribution in [0.5, 0.6) is 0 Å². The van der Waals surface area contributed by atoms with Gasteiger partial charge in [0, 0.05) is 6.42 Å². The second-order valence-corrected chi connectivity index (χ2v) is 8.28. The van der Waals surface area contributed by atoms with E-state index in [1.165, 1.54) is 0 Å². The molecule has 2 rings (SSSR count). The van der Waals surface area contributed by atoms with Crippen molar-refractivity contribution in [3.05, 3.63) is 10.1 Å². The van der Waals surface area contributed by atoms with E-state index in [0.29, 0.717) is 5.01 Å². The lowest BCUT2D eigenvalue weighted by molar-refractivity contribution is -0.933. The monoisotopic (exact) mass is 392 g/mol. The summed E-state index contributed by atoms with van der Waals surface area (Å²) in [6.07, 6.45) is -5.97. The topological polar surface area (TPSA) is 179 Å². The Morgan fingerprint density at radius 3 is 2.33 bits per heavy atom. The number of ether oxygens (including phenoxy) is 1. The number of rotatable bonds is 4. The van der Waals surface area contributed by atoms with Gasteiger partial charge in [0.15, 0.2) is 6.29 Å². The number of hydrogen-bond acceptors (Lipinski definition) is 9. The Morgan fingerprint density at radius 1 is 1.30 bits per heavy atom. The fraction of sp³-hybridized carbons (Fsp3) is 0.933. The molecule has 156 valence electrons. The lowest BCUT2D eigenvalue weighted by Crippen LogP contribution is -3.20. The molecule has 2 heterocycles. The van der Waals surface area contributed by atoms with Crippen molar-refractivity contribution in [3.63, 3.8) is 0 Å². The first-order chi connectivity index (χ1) is 12.4. The van der Waals surface area contributed by atoms with Crippen LogP contribution in [0.25, 0.3) is 0 Å². The molecule has 2 aliphatic rings. The standard InChI is InChI=1S/C15H28N4O8/c1-14(2)5-8(15(3,4)19(14)26)18(17-25)13(24)16-9-11(22)10(21)7(6-20)27-12(9)23/h7-12,19-23H,5-6H2,1-4H3,(H,16,24)/t7-,8?,9-,10-,11-,12?/m1/s1. The molecule has 0 bridgehead atoms. The van der Waals surface area contributed by atoms with Gasteiger partial charge in [-0.3, -0.25) is 0 Å². The van der Waals surface area contributed by atoms with Crippen LogP contribution in [0, 0.1) is 10.1 Å². The molecule has 0 aliphatic carbocycles. The normalized spacial score (nSPS) is 40.4. The summed E-state index contributed by atoms with van der Waals surface area (Å²) in [4.78, 5) is 24.0. The van der Waals surface area contributed by atoms with E-state index in [1.807, 2.05) is 0 Å². The number of urea groups is 1. The summed E-state index contributed by atoms with van der Waals surface area (Å²) in [7, 11) is 0. The van der Waals surface area contributed by atoms with E-state index in [4.69, 9.17) is 9.84 Å². The van der Waals surface area contributed by atoms with Crippen molar-refractivity contribution < 1.29 is 35.0 Å². The maximum Gasteiger partial charge on any atom is 0.341 e. The molecule has 12 heteroatoms. The van der Waals surface area contributed by atoms with Gasteiger partial charge in [0.1, 0.15) is 35.9 Å². The van der Waals surface area contributed by atoms with Gasteiger partial charge in [0.25, 0.3) is 0 Å². The summed E-state index contributed by atoms with van der Waals surface area (Å²) < 4.78 is 4.96. The molecule has 0 aromatic heterocycles. The molecule has 12 nitrogen and oxygen atoms in total. The number of carbonyl (C=O) groups is 1. The van der Waals surface area contributed by atoms with Crippen molar-refractivity contribution in [2.75, 3.05) is 6.61 Å². The highest BCUT2D eigenvalue weighted by molar-refractivity contribution is 5.75. The zero-order chi connectivity index (χ0) is 20.7. The van der Waals surface area contributed by atoms with Gasteiger partial charge >= 0.3 is 6.03 Å². The molecule has 2 saturated heterocycles. The summed E-state index contributed by atoms with van der Waals surface area (Å²) in [5, 5.41) is 57.0. The number of nitroso groups, excluding NO2 is 1. The number of carbonyl (C=O) groups excluding carboxylic acids is 1.